The highest BCUT2D eigenvalue weighted by molar-refractivity contribution is 5.23. The number of benzene rings is 1. The monoisotopic (exact) mass is 248 g/mol. The van der Waals surface area contributed by atoms with E-state index in [0.29, 0.717) is 12.1 Å². The quantitative estimate of drug-likeness (QED) is 0.599. The van der Waals surface area contributed by atoms with Crippen molar-refractivity contribution >= 4 is 0 Å². The van der Waals surface area contributed by atoms with Crippen molar-refractivity contribution in [1.82, 2.24) is 5.43 Å². The molecule has 0 saturated carbocycles. The zero-order chi connectivity index (χ0) is 12.8. The maximum atomic E-state index is 5.66. The van der Waals surface area contributed by atoms with Crippen LogP contribution < -0.4 is 11.3 Å². The number of nitrogens with one attached hydrogen (secondary N) is 1. The van der Waals surface area contributed by atoms with Crippen LogP contribution >= 0.6 is 0 Å². The van der Waals surface area contributed by atoms with Gasteiger partial charge < -0.3 is 4.74 Å². The van der Waals surface area contributed by atoms with E-state index >= 15 is 0 Å². The number of aryl methyl sites for hydroxylation is 1. The van der Waals surface area contributed by atoms with E-state index in [1.807, 2.05) is 0 Å². The zero-order valence-corrected chi connectivity index (χ0v) is 11.2. The van der Waals surface area contributed by atoms with Crippen molar-refractivity contribution in [2.24, 2.45) is 5.84 Å². The minimum atomic E-state index is 0.306. The predicted molar refractivity (Wildman–Crippen MR) is 74.2 cm³/mol. The maximum absolute atomic E-state index is 5.66. The molecular weight excluding hydrogens is 224 g/mol. The molecule has 0 radical (unpaired) electrons. The van der Waals surface area contributed by atoms with E-state index in [-0.39, 0.29) is 0 Å². The molecule has 0 aromatic heterocycles. The van der Waals surface area contributed by atoms with Gasteiger partial charge in [0.25, 0.3) is 0 Å². The van der Waals surface area contributed by atoms with E-state index in [4.69, 9.17) is 10.6 Å². The second kappa shape index (κ2) is 6.88. The van der Waals surface area contributed by atoms with Crippen LogP contribution in [-0.2, 0) is 17.6 Å². The topological polar surface area (TPSA) is 47.3 Å². The highest BCUT2D eigenvalue weighted by Gasteiger charge is 2.20. The van der Waals surface area contributed by atoms with E-state index in [1.54, 1.807) is 0 Å². The molecule has 1 aromatic rings. The summed E-state index contributed by atoms with van der Waals surface area (Å²) in [6, 6.07) is 9.13. The molecule has 1 heterocycles. The Hall–Kier alpha value is -0.900. The third-order valence-electron chi connectivity index (χ3n) is 3.72. The lowest BCUT2D eigenvalue weighted by atomic mass is 9.99. The van der Waals surface area contributed by atoms with Crippen LogP contribution in [0.2, 0.25) is 0 Å². The molecule has 2 atom stereocenters. The molecule has 18 heavy (non-hydrogen) atoms. The number of hydrazine groups is 1. The van der Waals surface area contributed by atoms with Crippen molar-refractivity contribution < 1.29 is 4.74 Å². The number of nitrogens with two attached hydrogens (primary N) is 1. The van der Waals surface area contributed by atoms with Gasteiger partial charge in [0.2, 0.25) is 0 Å². The molecule has 1 aliphatic heterocycles. The third-order valence-corrected chi connectivity index (χ3v) is 3.72. The Labute approximate surface area is 110 Å². The third kappa shape index (κ3) is 3.80. The van der Waals surface area contributed by atoms with Crippen molar-refractivity contribution in [2.75, 3.05) is 6.61 Å². The van der Waals surface area contributed by atoms with Gasteiger partial charge in [0.05, 0.1) is 6.10 Å². The Morgan fingerprint density at radius 2 is 2.06 bits per heavy atom. The minimum Gasteiger partial charge on any atom is -0.378 e. The molecule has 2 rings (SSSR count). The Morgan fingerprint density at radius 1 is 1.33 bits per heavy atom. The standard InChI is InChI=1S/C15H24N2O/c1-2-12-5-7-13(8-6-12)10-14(17-16)11-15-4-3-9-18-15/h5-8,14-15,17H,2-4,9-11,16H2,1H3. The number of hydrogen-bond donors (Lipinski definition) is 2. The fourth-order valence-electron chi connectivity index (χ4n) is 2.55. The van der Waals surface area contributed by atoms with Gasteiger partial charge in [-0.2, -0.15) is 0 Å². The molecule has 3 N–H and O–H groups in total. The van der Waals surface area contributed by atoms with Crippen molar-refractivity contribution in [3.05, 3.63) is 35.4 Å². The average molecular weight is 248 g/mol. The largest absolute Gasteiger partial charge is 0.378 e. The second-order valence-electron chi connectivity index (χ2n) is 5.11. The summed E-state index contributed by atoms with van der Waals surface area (Å²) in [5.41, 5.74) is 5.65. The summed E-state index contributed by atoms with van der Waals surface area (Å²) in [7, 11) is 0. The first kappa shape index (κ1) is 13.5. The predicted octanol–water partition coefficient (Wildman–Crippen LogP) is 2.19. The molecular formula is C15H24N2O. The summed E-state index contributed by atoms with van der Waals surface area (Å²) in [5, 5.41) is 0. The number of rotatable bonds is 6. The van der Waals surface area contributed by atoms with E-state index < -0.39 is 0 Å². The molecule has 0 aliphatic carbocycles. The first-order valence-electron chi connectivity index (χ1n) is 6.97. The first-order valence-corrected chi connectivity index (χ1v) is 6.97. The fourth-order valence-corrected chi connectivity index (χ4v) is 2.55. The molecule has 0 amide bonds. The molecule has 2 unspecified atom stereocenters. The average Bonchev–Trinajstić information content (AvgIpc) is 2.91. The van der Waals surface area contributed by atoms with E-state index in [1.165, 1.54) is 24.0 Å². The Morgan fingerprint density at radius 3 is 2.61 bits per heavy atom. The van der Waals surface area contributed by atoms with Gasteiger partial charge in [-0.1, -0.05) is 31.2 Å². The lowest BCUT2D eigenvalue weighted by Crippen LogP contribution is -2.39. The lowest BCUT2D eigenvalue weighted by molar-refractivity contribution is 0.0946. The van der Waals surface area contributed by atoms with Crippen LogP contribution in [0.4, 0.5) is 0 Å². The van der Waals surface area contributed by atoms with E-state index in [2.05, 4.69) is 36.6 Å². The first-order chi connectivity index (χ1) is 8.81. The van der Waals surface area contributed by atoms with Gasteiger partial charge in [0.1, 0.15) is 0 Å². The van der Waals surface area contributed by atoms with Crippen molar-refractivity contribution in [2.45, 2.75) is 51.2 Å². The van der Waals surface area contributed by atoms with Crippen LogP contribution in [0.5, 0.6) is 0 Å². The van der Waals surface area contributed by atoms with Gasteiger partial charge >= 0.3 is 0 Å². The summed E-state index contributed by atoms with van der Waals surface area (Å²) in [6.45, 7) is 3.09. The molecule has 0 bridgehead atoms. The summed E-state index contributed by atoms with van der Waals surface area (Å²) in [4.78, 5) is 0. The van der Waals surface area contributed by atoms with Crippen molar-refractivity contribution in [1.29, 1.82) is 0 Å². The van der Waals surface area contributed by atoms with Crippen molar-refractivity contribution in [3.8, 4) is 0 Å². The highest BCUT2D eigenvalue weighted by Crippen LogP contribution is 2.18. The minimum absolute atomic E-state index is 0.306. The Balaban J connectivity index is 1.87. The second-order valence-corrected chi connectivity index (χ2v) is 5.11. The highest BCUT2D eigenvalue weighted by atomic mass is 16.5. The van der Waals surface area contributed by atoms with Crippen LogP contribution in [0, 0.1) is 0 Å². The van der Waals surface area contributed by atoms with Crippen LogP contribution in [0.1, 0.15) is 37.3 Å². The lowest BCUT2D eigenvalue weighted by Gasteiger charge is -2.19. The smallest absolute Gasteiger partial charge is 0.0591 e. The van der Waals surface area contributed by atoms with E-state index in [9.17, 15) is 0 Å². The Bertz CT molecular complexity index is 344. The van der Waals surface area contributed by atoms with Crippen molar-refractivity contribution in [3.63, 3.8) is 0 Å². The normalized spacial score (nSPS) is 21.1. The number of ether oxygens (including phenoxy) is 1. The molecule has 1 saturated heterocycles. The SMILES string of the molecule is CCc1ccc(CC(CC2CCCO2)NN)cc1. The molecule has 0 spiro atoms. The molecule has 1 fully saturated rings. The molecule has 100 valence electrons. The summed E-state index contributed by atoms with van der Waals surface area (Å²) >= 11 is 0. The number of hydrogen-bond acceptors (Lipinski definition) is 3. The fraction of sp³-hybridized carbons (Fsp3) is 0.600. The van der Waals surface area contributed by atoms with Gasteiger partial charge in [0, 0.05) is 12.6 Å². The molecule has 1 aliphatic rings. The van der Waals surface area contributed by atoms with Gasteiger partial charge in [-0.25, -0.2) is 0 Å². The van der Waals surface area contributed by atoms with Crippen LogP contribution in [0.25, 0.3) is 0 Å². The Kier molecular flexibility index (Phi) is 5.17. The molecule has 1 aromatic carbocycles. The van der Waals surface area contributed by atoms with Gasteiger partial charge in [-0.15, -0.1) is 0 Å². The maximum Gasteiger partial charge on any atom is 0.0591 e. The van der Waals surface area contributed by atoms with Crippen LogP contribution in [0.15, 0.2) is 24.3 Å². The molecule has 3 heteroatoms. The summed E-state index contributed by atoms with van der Waals surface area (Å²) in [5.74, 6) is 5.65. The van der Waals surface area contributed by atoms with Crippen LogP contribution in [-0.4, -0.2) is 18.8 Å². The van der Waals surface area contributed by atoms with Gasteiger partial charge in [-0.3, -0.25) is 11.3 Å². The molecule has 3 nitrogen and oxygen atoms in total. The van der Waals surface area contributed by atoms with Crippen LogP contribution in [0.3, 0.4) is 0 Å². The van der Waals surface area contributed by atoms with E-state index in [0.717, 1.165) is 25.9 Å². The van der Waals surface area contributed by atoms with Gasteiger partial charge in [-0.05, 0) is 43.2 Å². The summed E-state index contributed by atoms with van der Waals surface area (Å²) in [6.07, 6.45) is 5.82. The zero-order valence-electron chi connectivity index (χ0n) is 11.2. The summed E-state index contributed by atoms with van der Waals surface area (Å²) < 4.78 is 5.66. The van der Waals surface area contributed by atoms with Gasteiger partial charge in [0.15, 0.2) is 0 Å².